The van der Waals surface area contributed by atoms with Crippen LogP contribution in [0.3, 0.4) is 0 Å². The largest absolute Gasteiger partial charge is 0.363 e. The first-order chi connectivity index (χ1) is 7.58. The Bertz CT molecular complexity index is 461. The van der Waals surface area contributed by atoms with E-state index in [1.807, 2.05) is 42.6 Å². The summed E-state index contributed by atoms with van der Waals surface area (Å²) in [5, 5.41) is 11.8. The molecule has 5 nitrogen and oxygen atoms in total. The summed E-state index contributed by atoms with van der Waals surface area (Å²) >= 11 is 0. The maximum absolute atomic E-state index is 4.34. The fourth-order valence-corrected chi connectivity index (χ4v) is 1.65. The lowest BCUT2D eigenvalue weighted by atomic mass is 10.3. The fraction of sp³-hybridized carbons (Fsp3) is 0.455. The molecule has 0 aliphatic rings. The summed E-state index contributed by atoms with van der Waals surface area (Å²) in [5.41, 5.74) is 3.52. The van der Waals surface area contributed by atoms with Crippen molar-refractivity contribution in [2.45, 2.75) is 20.4 Å². The number of nitrogens with one attached hydrogen (secondary N) is 1. The van der Waals surface area contributed by atoms with Gasteiger partial charge < -0.3 is 5.32 Å². The minimum absolute atomic E-state index is 0. The molecule has 2 heterocycles. The molecule has 6 heteroatoms. The van der Waals surface area contributed by atoms with Crippen LogP contribution in [-0.2, 0) is 20.6 Å². The Labute approximate surface area is 107 Å². The Hall–Kier alpha value is -1.49. The zero-order valence-electron chi connectivity index (χ0n) is 10.6. The predicted molar refractivity (Wildman–Crippen MR) is 70.5 cm³/mol. The van der Waals surface area contributed by atoms with Crippen LogP contribution in [0.4, 0.5) is 5.82 Å². The second-order valence-electron chi connectivity index (χ2n) is 4.05. The minimum Gasteiger partial charge on any atom is -0.363 e. The standard InChI is InChI=1S/C11H17N5.ClH/c1-8-6-13-16(4)10(8)7-12-11-5-9(2)15(3)14-11;/h5-6H,7H2,1-4H3,(H,12,14);1H. The lowest BCUT2D eigenvalue weighted by Crippen LogP contribution is -2.07. The van der Waals surface area contributed by atoms with Gasteiger partial charge in [-0.25, -0.2) is 0 Å². The Balaban J connectivity index is 0.00000144. The SMILES string of the molecule is Cc1cnn(C)c1CNc1cc(C)n(C)n1.Cl. The summed E-state index contributed by atoms with van der Waals surface area (Å²) in [7, 11) is 3.89. The summed E-state index contributed by atoms with van der Waals surface area (Å²) in [5.74, 6) is 0.903. The van der Waals surface area contributed by atoms with Gasteiger partial charge in [-0.05, 0) is 19.4 Å². The molecule has 0 unspecified atom stereocenters. The zero-order chi connectivity index (χ0) is 11.7. The van der Waals surface area contributed by atoms with Crippen molar-refractivity contribution in [1.82, 2.24) is 19.6 Å². The van der Waals surface area contributed by atoms with Gasteiger partial charge in [0.25, 0.3) is 0 Å². The molecule has 1 N–H and O–H groups in total. The Kier molecular flexibility index (Phi) is 4.17. The van der Waals surface area contributed by atoms with E-state index >= 15 is 0 Å². The van der Waals surface area contributed by atoms with Gasteiger partial charge in [0.1, 0.15) is 5.82 Å². The summed E-state index contributed by atoms with van der Waals surface area (Å²) in [6.07, 6.45) is 1.88. The fourth-order valence-electron chi connectivity index (χ4n) is 1.65. The topological polar surface area (TPSA) is 47.7 Å². The van der Waals surface area contributed by atoms with Crippen LogP contribution < -0.4 is 5.32 Å². The number of hydrogen-bond donors (Lipinski definition) is 1. The summed E-state index contributed by atoms with van der Waals surface area (Å²) in [6.45, 7) is 4.85. The number of rotatable bonds is 3. The van der Waals surface area contributed by atoms with Crippen LogP contribution in [-0.4, -0.2) is 19.6 Å². The molecule has 2 aromatic heterocycles. The predicted octanol–water partition coefficient (Wildman–Crippen LogP) is 1.80. The number of aromatic nitrogens is 4. The Morgan fingerprint density at radius 2 is 1.94 bits per heavy atom. The first-order valence-electron chi connectivity index (χ1n) is 5.30. The first-order valence-corrected chi connectivity index (χ1v) is 5.30. The van der Waals surface area contributed by atoms with Crippen molar-refractivity contribution < 1.29 is 0 Å². The van der Waals surface area contributed by atoms with Crippen molar-refractivity contribution >= 4 is 18.2 Å². The average molecular weight is 256 g/mol. The number of anilines is 1. The molecule has 17 heavy (non-hydrogen) atoms. The van der Waals surface area contributed by atoms with E-state index in [-0.39, 0.29) is 12.4 Å². The highest BCUT2D eigenvalue weighted by Gasteiger charge is 2.05. The van der Waals surface area contributed by atoms with Gasteiger partial charge in [-0.2, -0.15) is 10.2 Å². The summed E-state index contributed by atoms with van der Waals surface area (Å²) in [4.78, 5) is 0. The monoisotopic (exact) mass is 255 g/mol. The molecular weight excluding hydrogens is 238 g/mol. The summed E-state index contributed by atoms with van der Waals surface area (Å²) in [6, 6.07) is 2.03. The van der Waals surface area contributed by atoms with Crippen LogP contribution in [0.5, 0.6) is 0 Å². The molecule has 2 rings (SSSR count). The van der Waals surface area contributed by atoms with Crippen LogP contribution in [0.15, 0.2) is 12.3 Å². The molecule has 0 aliphatic heterocycles. The van der Waals surface area contributed by atoms with Gasteiger partial charge >= 0.3 is 0 Å². The molecule has 94 valence electrons. The van der Waals surface area contributed by atoms with E-state index in [9.17, 15) is 0 Å². The highest BCUT2D eigenvalue weighted by Crippen LogP contribution is 2.11. The van der Waals surface area contributed by atoms with Crippen LogP contribution in [0.1, 0.15) is 17.0 Å². The molecule has 0 bridgehead atoms. The number of aryl methyl sites for hydroxylation is 4. The summed E-state index contributed by atoms with van der Waals surface area (Å²) < 4.78 is 3.75. The van der Waals surface area contributed by atoms with E-state index in [4.69, 9.17) is 0 Å². The molecule has 0 aromatic carbocycles. The van der Waals surface area contributed by atoms with E-state index in [2.05, 4.69) is 22.4 Å². The lowest BCUT2D eigenvalue weighted by Gasteiger charge is -2.04. The van der Waals surface area contributed by atoms with Crippen molar-refractivity contribution in [3.8, 4) is 0 Å². The molecule has 0 radical (unpaired) electrons. The smallest absolute Gasteiger partial charge is 0.148 e. The van der Waals surface area contributed by atoms with Gasteiger partial charge in [0.05, 0.1) is 18.4 Å². The maximum atomic E-state index is 4.34. The number of halogens is 1. The van der Waals surface area contributed by atoms with Gasteiger partial charge in [0.2, 0.25) is 0 Å². The molecule has 0 amide bonds. The lowest BCUT2D eigenvalue weighted by molar-refractivity contribution is 0.713. The van der Waals surface area contributed by atoms with Crippen LogP contribution >= 0.6 is 12.4 Å². The van der Waals surface area contributed by atoms with E-state index in [1.54, 1.807) is 0 Å². The van der Waals surface area contributed by atoms with Crippen molar-refractivity contribution in [2.75, 3.05) is 5.32 Å². The van der Waals surface area contributed by atoms with Crippen LogP contribution in [0, 0.1) is 13.8 Å². The van der Waals surface area contributed by atoms with Crippen molar-refractivity contribution in [3.63, 3.8) is 0 Å². The number of nitrogens with zero attached hydrogens (tertiary/aromatic N) is 4. The Morgan fingerprint density at radius 1 is 1.24 bits per heavy atom. The average Bonchev–Trinajstić information content (AvgIpc) is 2.70. The highest BCUT2D eigenvalue weighted by atomic mass is 35.5. The van der Waals surface area contributed by atoms with Crippen molar-refractivity contribution in [2.24, 2.45) is 14.1 Å². The highest BCUT2D eigenvalue weighted by molar-refractivity contribution is 5.85. The Morgan fingerprint density at radius 3 is 2.41 bits per heavy atom. The van der Waals surface area contributed by atoms with Gasteiger partial charge in [0.15, 0.2) is 0 Å². The van der Waals surface area contributed by atoms with E-state index in [1.165, 1.54) is 11.3 Å². The molecule has 2 aromatic rings. The molecule has 0 saturated heterocycles. The van der Waals surface area contributed by atoms with Crippen molar-refractivity contribution in [3.05, 3.63) is 29.2 Å². The van der Waals surface area contributed by atoms with Gasteiger partial charge in [-0.3, -0.25) is 9.36 Å². The van der Waals surface area contributed by atoms with E-state index in [0.717, 1.165) is 18.1 Å². The number of hydrogen-bond acceptors (Lipinski definition) is 3. The third-order valence-electron chi connectivity index (χ3n) is 2.82. The molecular formula is C11H18ClN5. The molecule has 0 aliphatic carbocycles. The van der Waals surface area contributed by atoms with Gasteiger partial charge in [0, 0.05) is 25.9 Å². The molecule has 0 saturated carbocycles. The third-order valence-corrected chi connectivity index (χ3v) is 2.82. The van der Waals surface area contributed by atoms with E-state index < -0.39 is 0 Å². The normalized spacial score (nSPS) is 10.1. The van der Waals surface area contributed by atoms with Crippen molar-refractivity contribution in [1.29, 1.82) is 0 Å². The maximum Gasteiger partial charge on any atom is 0.148 e. The molecule has 0 atom stereocenters. The third kappa shape index (κ3) is 2.79. The minimum atomic E-state index is 0. The van der Waals surface area contributed by atoms with Gasteiger partial charge in [-0.1, -0.05) is 0 Å². The zero-order valence-corrected chi connectivity index (χ0v) is 11.4. The quantitative estimate of drug-likeness (QED) is 0.910. The molecule has 0 fully saturated rings. The molecule has 0 spiro atoms. The van der Waals surface area contributed by atoms with E-state index in [0.29, 0.717) is 0 Å². The van der Waals surface area contributed by atoms with Gasteiger partial charge in [-0.15, -0.1) is 12.4 Å². The van der Waals surface area contributed by atoms with Crippen LogP contribution in [0.2, 0.25) is 0 Å². The second-order valence-corrected chi connectivity index (χ2v) is 4.05. The van der Waals surface area contributed by atoms with Crippen LogP contribution in [0.25, 0.3) is 0 Å². The first kappa shape index (κ1) is 13.6. The second kappa shape index (κ2) is 5.23.